The fourth-order valence-electron chi connectivity index (χ4n) is 7.35. The summed E-state index contributed by atoms with van der Waals surface area (Å²) in [6.45, 7) is 5.28. The molecule has 3 aromatic rings. The van der Waals surface area contributed by atoms with Crippen molar-refractivity contribution < 1.29 is 25.3 Å². The van der Waals surface area contributed by atoms with E-state index in [0.717, 1.165) is 42.4 Å². The summed E-state index contributed by atoms with van der Waals surface area (Å²) in [7, 11) is -12.3. The van der Waals surface area contributed by atoms with Gasteiger partial charge in [-0.3, -0.25) is 0 Å². The van der Waals surface area contributed by atoms with E-state index in [1.54, 1.807) is 60.7 Å². The van der Waals surface area contributed by atoms with Gasteiger partial charge in [-0.15, -0.1) is 0 Å². The van der Waals surface area contributed by atoms with Crippen LogP contribution in [0.3, 0.4) is 0 Å². The van der Waals surface area contributed by atoms with E-state index in [-0.39, 0.29) is 52.7 Å². The molecule has 1 heterocycles. The molecule has 3 aliphatic rings. The third kappa shape index (κ3) is 5.89. The van der Waals surface area contributed by atoms with Crippen molar-refractivity contribution in [2.75, 3.05) is 26.2 Å². The zero-order valence-electron chi connectivity index (χ0n) is 25.9. The normalized spacial score (nSPS) is 25.7. The maximum absolute atomic E-state index is 14.5. The Morgan fingerprint density at radius 1 is 0.467 bits per heavy atom. The Labute approximate surface area is 268 Å². The standard InChI is InChI=1S/C33H41N3O6S3/c1-24-8-14-27(15-9-24)43(37,38)34-20-22-35(44(39,40)28-16-10-25(2)11-17-28)32-30-6-4-5-7-31(30)33(32)36(23-21-34)45(41,42)29-18-12-26(3)13-19-29/h8-19,30-33H,4-7,20-23H2,1-3H3. The smallest absolute Gasteiger partial charge is 0.207 e. The van der Waals surface area contributed by atoms with Crippen molar-refractivity contribution in [1.29, 1.82) is 0 Å². The van der Waals surface area contributed by atoms with Crippen molar-refractivity contribution in [2.24, 2.45) is 11.8 Å². The van der Waals surface area contributed by atoms with Crippen LogP contribution >= 0.6 is 0 Å². The minimum absolute atomic E-state index is 0.0139. The first-order chi connectivity index (χ1) is 21.3. The minimum atomic E-state index is -4.10. The topological polar surface area (TPSA) is 112 Å². The number of benzene rings is 3. The van der Waals surface area contributed by atoms with Gasteiger partial charge in [0.15, 0.2) is 0 Å². The van der Waals surface area contributed by atoms with Crippen molar-refractivity contribution in [3.63, 3.8) is 0 Å². The quantitative estimate of drug-likeness (QED) is 0.380. The zero-order chi connectivity index (χ0) is 32.1. The summed E-state index contributed by atoms with van der Waals surface area (Å²) in [6, 6.07) is 18.6. The summed E-state index contributed by atoms with van der Waals surface area (Å²) in [5.41, 5.74) is 2.74. The first-order valence-corrected chi connectivity index (χ1v) is 19.9. The van der Waals surface area contributed by atoms with Gasteiger partial charge >= 0.3 is 0 Å². The van der Waals surface area contributed by atoms with Gasteiger partial charge in [0.2, 0.25) is 30.1 Å². The molecule has 0 spiro atoms. The summed E-state index contributed by atoms with van der Waals surface area (Å²) in [5, 5.41) is 0. The van der Waals surface area contributed by atoms with Gasteiger partial charge in [-0.05, 0) is 81.8 Å². The van der Waals surface area contributed by atoms with Gasteiger partial charge in [-0.2, -0.15) is 12.9 Å². The Morgan fingerprint density at radius 2 is 0.778 bits per heavy atom. The molecule has 3 aromatic carbocycles. The van der Waals surface area contributed by atoms with E-state index in [0.29, 0.717) is 0 Å². The Kier molecular flexibility index (Phi) is 8.77. The van der Waals surface area contributed by atoms with Gasteiger partial charge in [0, 0.05) is 38.3 Å². The molecular weight excluding hydrogens is 631 g/mol. The van der Waals surface area contributed by atoms with E-state index in [1.165, 1.54) is 25.0 Å². The lowest BCUT2D eigenvalue weighted by atomic mass is 9.58. The highest BCUT2D eigenvalue weighted by molar-refractivity contribution is 7.90. The predicted molar refractivity (Wildman–Crippen MR) is 173 cm³/mol. The number of rotatable bonds is 6. The first kappa shape index (κ1) is 32.3. The molecule has 45 heavy (non-hydrogen) atoms. The van der Waals surface area contributed by atoms with Gasteiger partial charge in [0.25, 0.3) is 0 Å². The number of aryl methyl sites for hydroxylation is 3. The third-order valence-electron chi connectivity index (χ3n) is 9.82. The molecular formula is C33H41N3O6S3. The highest BCUT2D eigenvalue weighted by Gasteiger charge is 2.60. The van der Waals surface area contributed by atoms with Crippen LogP contribution in [-0.2, 0) is 30.1 Å². The Hall–Kier alpha value is -2.61. The van der Waals surface area contributed by atoms with E-state index in [4.69, 9.17) is 0 Å². The number of fused-ring (bicyclic) bond motifs is 4. The van der Waals surface area contributed by atoms with Crippen LogP contribution in [0, 0.1) is 32.6 Å². The van der Waals surface area contributed by atoms with Gasteiger partial charge in [0.1, 0.15) is 0 Å². The molecule has 12 heteroatoms. The molecule has 4 unspecified atom stereocenters. The van der Waals surface area contributed by atoms with Crippen molar-refractivity contribution in [1.82, 2.24) is 12.9 Å². The highest BCUT2D eigenvalue weighted by Crippen LogP contribution is 2.52. The van der Waals surface area contributed by atoms with Gasteiger partial charge in [-0.1, -0.05) is 65.9 Å². The maximum atomic E-state index is 14.5. The maximum Gasteiger partial charge on any atom is 0.243 e. The average Bonchev–Trinajstić information content (AvgIpc) is 3.07. The lowest BCUT2D eigenvalue weighted by Gasteiger charge is -2.60. The molecule has 3 fully saturated rings. The molecule has 1 aliphatic heterocycles. The largest absolute Gasteiger partial charge is 0.243 e. The average molecular weight is 672 g/mol. The summed E-state index contributed by atoms with van der Waals surface area (Å²) < 4.78 is 90.0. The van der Waals surface area contributed by atoms with E-state index in [2.05, 4.69) is 0 Å². The van der Waals surface area contributed by atoms with Crippen LogP contribution < -0.4 is 0 Å². The van der Waals surface area contributed by atoms with Crippen LogP contribution in [0.1, 0.15) is 42.4 Å². The van der Waals surface area contributed by atoms with Gasteiger partial charge < -0.3 is 0 Å². The molecule has 2 aliphatic carbocycles. The second-order valence-electron chi connectivity index (χ2n) is 12.7. The molecule has 242 valence electrons. The van der Waals surface area contributed by atoms with E-state index in [9.17, 15) is 25.3 Å². The summed E-state index contributed by atoms with van der Waals surface area (Å²) in [4.78, 5) is 0.322. The third-order valence-corrected chi connectivity index (χ3v) is 15.6. The van der Waals surface area contributed by atoms with Crippen molar-refractivity contribution in [3.05, 3.63) is 89.5 Å². The molecule has 0 N–H and O–H groups in total. The Balaban J connectivity index is 1.49. The SMILES string of the molecule is Cc1ccc(S(=O)(=O)N2CCN(S(=O)(=O)c3ccc(C)cc3)C3C4CCCCC4C3N(S(=O)(=O)c3ccc(C)cc3)CC2)cc1. The molecule has 0 amide bonds. The van der Waals surface area contributed by atoms with Crippen LogP contribution in [0.15, 0.2) is 87.5 Å². The van der Waals surface area contributed by atoms with Crippen LogP contribution in [0.4, 0.5) is 0 Å². The number of hydrogen-bond acceptors (Lipinski definition) is 6. The number of nitrogens with zero attached hydrogens (tertiary/aromatic N) is 3. The zero-order valence-corrected chi connectivity index (χ0v) is 28.4. The van der Waals surface area contributed by atoms with Gasteiger partial charge in [-0.25, -0.2) is 25.3 Å². The van der Waals surface area contributed by atoms with Crippen molar-refractivity contribution >= 4 is 30.1 Å². The minimum Gasteiger partial charge on any atom is -0.207 e. The number of sulfonamides is 3. The van der Waals surface area contributed by atoms with Crippen LogP contribution in [0.5, 0.6) is 0 Å². The Bertz CT molecular complexity index is 1760. The highest BCUT2D eigenvalue weighted by atomic mass is 32.2. The monoisotopic (exact) mass is 671 g/mol. The molecule has 0 aromatic heterocycles. The van der Waals surface area contributed by atoms with Crippen molar-refractivity contribution in [3.8, 4) is 0 Å². The number of hydrogen-bond donors (Lipinski definition) is 0. The molecule has 6 rings (SSSR count). The van der Waals surface area contributed by atoms with Gasteiger partial charge in [0.05, 0.1) is 14.7 Å². The van der Waals surface area contributed by atoms with E-state index in [1.807, 2.05) is 20.8 Å². The van der Waals surface area contributed by atoms with E-state index >= 15 is 0 Å². The molecule has 1 saturated heterocycles. The van der Waals surface area contributed by atoms with Crippen molar-refractivity contribution in [2.45, 2.75) is 73.2 Å². The fraction of sp³-hybridized carbons (Fsp3) is 0.455. The fourth-order valence-corrected chi connectivity index (χ4v) is 12.1. The van der Waals surface area contributed by atoms with Crippen LogP contribution in [0.25, 0.3) is 0 Å². The second kappa shape index (κ2) is 12.2. The molecule has 2 saturated carbocycles. The van der Waals surface area contributed by atoms with Crippen LogP contribution in [0.2, 0.25) is 0 Å². The lowest BCUT2D eigenvalue weighted by molar-refractivity contribution is -0.0568. The predicted octanol–water partition coefficient (Wildman–Crippen LogP) is 4.56. The summed E-state index contributed by atoms with van der Waals surface area (Å²) >= 11 is 0. The molecule has 0 bridgehead atoms. The molecule has 9 nitrogen and oxygen atoms in total. The molecule has 0 radical (unpaired) electrons. The first-order valence-electron chi connectivity index (χ1n) is 15.6. The summed E-state index contributed by atoms with van der Waals surface area (Å²) in [6.07, 6.45) is 3.49. The Morgan fingerprint density at radius 3 is 1.11 bits per heavy atom. The summed E-state index contributed by atoms with van der Waals surface area (Å²) in [5.74, 6) is -0.0279. The lowest BCUT2D eigenvalue weighted by Crippen LogP contribution is -2.71. The molecule has 4 atom stereocenters. The van der Waals surface area contributed by atoms with E-state index < -0.39 is 42.2 Å². The van der Waals surface area contributed by atoms with Crippen LogP contribution in [-0.4, -0.2) is 76.4 Å². The second-order valence-corrected chi connectivity index (χ2v) is 18.4.